The van der Waals surface area contributed by atoms with Gasteiger partial charge in [0.05, 0.1) is 23.7 Å². The molecule has 2 heterocycles. The number of aryl methyl sites for hydroxylation is 1. The largest absolute Gasteiger partial charge is 0.343 e. The van der Waals surface area contributed by atoms with Gasteiger partial charge in [0.25, 0.3) is 5.91 Å². The number of aromatic nitrogens is 2. The molecule has 0 spiro atoms. The maximum atomic E-state index is 12.6. The predicted molar refractivity (Wildman–Crippen MR) is 139 cm³/mol. The average molecular weight is 494 g/mol. The Morgan fingerprint density at radius 2 is 1.89 bits per heavy atom. The van der Waals surface area contributed by atoms with Crippen LogP contribution in [0.25, 0.3) is 22.4 Å². The minimum absolute atomic E-state index is 0.183. The van der Waals surface area contributed by atoms with E-state index in [1.165, 1.54) is 11.3 Å². The molecule has 36 heavy (non-hydrogen) atoms. The smallest absolute Gasteiger partial charge is 0.251 e. The number of anilines is 1. The molecule has 0 bridgehead atoms. The number of thiazole rings is 1. The number of hydrogen-bond acceptors (Lipinski definition) is 6. The molecule has 1 atom stereocenters. The Labute approximate surface area is 212 Å². The van der Waals surface area contributed by atoms with Crippen LogP contribution in [0.5, 0.6) is 0 Å². The molecule has 5 rings (SSSR count). The standard InChI is InChI=1S/C28H23N5O2S/c1-28(17-29)10-7-19-5-6-22(14-23(19)28)26(35)31-15-25(34)33-27-32-24(16-36-27)21-4-2-3-20(13-21)18-8-11-30-12-9-18/h2-6,8-9,11-14,16H,7,10,15H2,1H3,(H,31,35)(H,32,33,34). The second-order valence-electron chi connectivity index (χ2n) is 8.90. The first kappa shape index (κ1) is 23.4. The second-order valence-corrected chi connectivity index (χ2v) is 9.76. The van der Waals surface area contributed by atoms with Crippen molar-refractivity contribution >= 4 is 28.3 Å². The number of nitrogens with zero attached hydrogens (tertiary/aromatic N) is 3. The van der Waals surface area contributed by atoms with Crippen molar-refractivity contribution in [1.29, 1.82) is 5.26 Å². The minimum Gasteiger partial charge on any atom is -0.343 e. The highest BCUT2D eigenvalue weighted by molar-refractivity contribution is 7.14. The fraction of sp³-hybridized carbons (Fsp3) is 0.179. The maximum Gasteiger partial charge on any atom is 0.251 e. The third-order valence-corrected chi connectivity index (χ3v) is 7.20. The molecule has 7 nitrogen and oxygen atoms in total. The zero-order valence-corrected chi connectivity index (χ0v) is 20.4. The van der Waals surface area contributed by atoms with Crippen molar-refractivity contribution in [2.45, 2.75) is 25.2 Å². The summed E-state index contributed by atoms with van der Waals surface area (Å²) < 4.78 is 0. The molecular weight excluding hydrogens is 470 g/mol. The molecule has 0 aliphatic heterocycles. The van der Waals surface area contributed by atoms with Gasteiger partial charge in [-0.2, -0.15) is 5.26 Å². The van der Waals surface area contributed by atoms with Gasteiger partial charge in [0, 0.05) is 28.9 Å². The summed E-state index contributed by atoms with van der Waals surface area (Å²) >= 11 is 1.32. The van der Waals surface area contributed by atoms with E-state index in [0.717, 1.165) is 46.4 Å². The summed E-state index contributed by atoms with van der Waals surface area (Å²) in [5.74, 6) is -0.717. The van der Waals surface area contributed by atoms with E-state index in [0.29, 0.717) is 10.7 Å². The van der Waals surface area contributed by atoms with E-state index in [-0.39, 0.29) is 18.4 Å². The average Bonchev–Trinajstić information content (AvgIpc) is 3.52. The van der Waals surface area contributed by atoms with Gasteiger partial charge in [-0.25, -0.2) is 4.98 Å². The Bertz CT molecular complexity index is 1490. The lowest BCUT2D eigenvalue weighted by atomic mass is 9.85. The van der Waals surface area contributed by atoms with Crippen molar-refractivity contribution in [3.8, 4) is 28.5 Å². The van der Waals surface area contributed by atoms with Gasteiger partial charge in [-0.1, -0.05) is 24.3 Å². The molecule has 4 aromatic rings. The van der Waals surface area contributed by atoms with Crippen LogP contribution in [0.15, 0.2) is 72.4 Å². The van der Waals surface area contributed by atoms with E-state index in [9.17, 15) is 14.9 Å². The number of fused-ring (bicyclic) bond motifs is 1. The third-order valence-electron chi connectivity index (χ3n) is 6.44. The van der Waals surface area contributed by atoms with Gasteiger partial charge in [-0.3, -0.25) is 14.6 Å². The van der Waals surface area contributed by atoms with E-state index in [4.69, 9.17) is 0 Å². The molecule has 2 aromatic carbocycles. The predicted octanol–water partition coefficient (Wildman–Crippen LogP) is 4.97. The van der Waals surface area contributed by atoms with Crippen LogP contribution in [0.1, 0.15) is 34.8 Å². The summed E-state index contributed by atoms with van der Waals surface area (Å²) in [6.07, 6.45) is 5.08. The molecule has 0 fully saturated rings. The highest BCUT2D eigenvalue weighted by Gasteiger charge is 2.34. The summed E-state index contributed by atoms with van der Waals surface area (Å²) in [5, 5.41) is 17.3. The van der Waals surface area contributed by atoms with Crippen LogP contribution in [0.3, 0.4) is 0 Å². The fourth-order valence-electron chi connectivity index (χ4n) is 4.38. The topological polar surface area (TPSA) is 108 Å². The van der Waals surface area contributed by atoms with Gasteiger partial charge in [0.1, 0.15) is 0 Å². The highest BCUT2D eigenvalue weighted by Crippen LogP contribution is 2.38. The molecule has 2 aromatic heterocycles. The number of carbonyl (C=O) groups is 2. The first-order valence-corrected chi connectivity index (χ1v) is 12.4. The lowest BCUT2D eigenvalue weighted by molar-refractivity contribution is -0.115. The van der Waals surface area contributed by atoms with Crippen LogP contribution in [0.2, 0.25) is 0 Å². The zero-order chi connectivity index (χ0) is 25.1. The van der Waals surface area contributed by atoms with Crippen LogP contribution in [0, 0.1) is 11.3 Å². The van der Waals surface area contributed by atoms with E-state index in [2.05, 4.69) is 26.7 Å². The van der Waals surface area contributed by atoms with Crippen molar-refractivity contribution in [2.75, 3.05) is 11.9 Å². The Morgan fingerprint density at radius 3 is 2.69 bits per heavy atom. The van der Waals surface area contributed by atoms with E-state index in [1.807, 2.05) is 54.8 Å². The van der Waals surface area contributed by atoms with Gasteiger partial charge >= 0.3 is 0 Å². The van der Waals surface area contributed by atoms with Crippen LogP contribution < -0.4 is 10.6 Å². The monoisotopic (exact) mass is 493 g/mol. The quantitative estimate of drug-likeness (QED) is 0.394. The number of rotatable bonds is 6. The summed E-state index contributed by atoms with van der Waals surface area (Å²) in [6, 6.07) is 19.7. The third kappa shape index (κ3) is 4.74. The lowest BCUT2D eigenvalue weighted by Gasteiger charge is -2.16. The van der Waals surface area contributed by atoms with Crippen LogP contribution in [-0.2, 0) is 16.6 Å². The molecule has 0 saturated heterocycles. The van der Waals surface area contributed by atoms with Crippen molar-refractivity contribution in [2.24, 2.45) is 0 Å². The van der Waals surface area contributed by atoms with Crippen molar-refractivity contribution in [3.63, 3.8) is 0 Å². The normalized spacial score (nSPS) is 16.1. The molecule has 8 heteroatoms. The van der Waals surface area contributed by atoms with Crippen molar-refractivity contribution in [3.05, 3.63) is 89.1 Å². The number of amides is 2. The number of nitriles is 1. The Kier molecular flexibility index (Phi) is 6.32. The number of benzene rings is 2. The molecule has 1 aliphatic rings. The number of nitrogens with one attached hydrogen (secondary N) is 2. The molecule has 2 N–H and O–H groups in total. The maximum absolute atomic E-state index is 12.6. The Hall–Kier alpha value is -4.35. The highest BCUT2D eigenvalue weighted by atomic mass is 32.1. The van der Waals surface area contributed by atoms with Crippen molar-refractivity contribution in [1.82, 2.24) is 15.3 Å². The van der Waals surface area contributed by atoms with E-state index in [1.54, 1.807) is 24.5 Å². The SMILES string of the molecule is CC1(C#N)CCc2ccc(C(=O)NCC(=O)Nc3nc(-c4cccc(-c5ccncc5)c4)cs3)cc21. The van der Waals surface area contributed by atoms with Gasteiger partial charge in [-0.05, 0) is 72.4 Å². The second kappa shape index (κ2) is 9.72. The van der Waals surface area contributed by atoms with Crippen LogP contribution in [0.4, 0.5) is 5.13 Å². The zero-order valence-electron chi connectivity index (χ0n) is 19.6. The van der Waals surface area contributed by atoms with Crippen LogP contribution in [-0.4, -0.2) is 28.3 Å². The van der Waals surface area contributed by atoms with Crippen molar-refractivity contribution < 1.29 is 9.59 Å². The molecule has 178 valence electrons. The number of pyridine rings is 1. The first-order valence-electron chi connectivity index (χ1n) is 11.5. The van der Waals surface area contributed by atoms with Gasteiger partial charge in [-0.15, -0.1) is 11.3 Å². The van der Waals surface area contributed by atoms with E-state index < -0.39 is 5.41 Å². The molecule has 0 saturated carbocycles. The summed E-state index contributed by atoms with van der Waals surface area (Å²) in [6.45, 7) is 1.71. The molecule has 0 radical (unpaired) electrons. The van der Waals surface area contributed by atoms with E-state index >= 15 is 0 Å². The van der Waals surface area contributed by atoms with Gasteiger partial charge < -0.3 is 10.6 Å². The Morgan fingerprint density at radius 1 is 1.08 bits per heavy atom. The summed E-state index contributed by atoms with van der Waals surface area (Å²) in [4.78, 5) is 33.7. The van der Waals surface area contributed by atoms with Gasteiger partial charge in [0.15, 0.2) is 5.13 Å². The first-order chi connectivity index (χ1) is 17.4. The molecule has 1 unspecified atom stereocenters. The molecule has 1 aliphatic carbocycles. The lowest BCUT2D eigenvalue weighted by Crippen LogP contribution is -2.33. The number of hydrogen-bond donors (Lipinski definition) is 2. The summed E-state index contributed by atoms with van der Waals surface area (Å²) in [7, 11) is 0. The van der Waals surface area contributed by atoms with Crippen LogP contribution >= 0.6 is 11.3 Å². The van der Waals surface area contributed by atoms with Gasteiger partial charge in [0.2, 0.25) is 5.91 Å². The molecule has 2 amide bonds. The fourth-order valence-corrected chi connectivity index (χ4v) is 5.11. The Balaban J connectivity index is 1.20. The minimum atomic E-state index is -0.580. The number of carbonyl (C=O) groups excluding carboxylic acids is 2. The molecular formula is C28H23N5O2S. The summed E-state index contributed by atoms with van der Waals surface area (Å²) in [5.41, 5.74) is 5.66.